The van der Waals surface area contributed by atoms with Gasteiger partial charge in [0.25, 0.3) is 5.91 Å². The van der Waals surface area contributed by atoms with Gasteiger partial charge in [0.05, 0.1) is 25.3 Å². The van der Waals surface area contributed by atoms with Crippen molar-refractivity contribution in [1.82, 2.24) is 10.6 Å². The Balaban J connectivity index is 1.57. The summed E-state index contributed by atoms with van der Waals surface area (Å²) in [6.07, 6.45) is 0. The maximum absolute atomic E-state index is 12.7. The largest absolute Gasteiger partial charge is 0.496 e. The number of rotatable bonds is 9. The number of ether oxygens (including phenoxy) is 1. The third kappa shape index (κ3) is 6.11. The molecule has 3 rings (SSSR count). The summed E-state index contributed by atoms with van der Waals surface area (Å²) in [6, 6.07) is 22.5. The van der Waals surface area contributed by atoms with E-state index in [2.05, 4.69) is 16.0 Å². The van der Waals surface area contributed by atoms with E-state index in [9.17, 15) is 9.59 Å². The normalized spacial score (nSPS) is 11.3. The predicted octanol–water partition coefficient (Wildman–Crippen LogP) is 4.22. The average Bonchev–Trinajstić information content (AvgIpc) is 2.82. The smallest absolute Gasteiger partial charge is 0.253 e. The summed E-state index contributed by atoms with van der Waals surface area (Å²) in [5, 5.41) is 8.98. The summed E-state index contributed by atoms with van der Waals surface area (Å²) in [7, 11) is 1.61. The van der Waals surface area contributed by atoms with Crippen molar-refractivity contribution in [2.75, 3.05) is 19.0 Å². The molecule has 0 saturated heterocycles. The molecule has 6 nitrogen and oxygen atoms in total. The van der Waals surface area contributed by atoms with Crippen LogP contribution in [0.1, 0.15) is 40.0 Å². The van der Waals surface area contributed by atoms with Gasteiger partial charge in [-0.2, -0.15) is 0 Å². The standard InChI is InChI=1S/C26H29N3O3/c1-18-12-14-20(15-13-18)16-28-26(31)22-9-4-6-10-23(22)27-17-25(30)29-19(2)21-8-5-7-11-24(21)32-3/h4-15,19,27H,16-17H2,1-3H3,(H,28,31)(H,29,30). The molecule has 166 valence electrons. The summed E-state index contributed by atoms with van der Waals surface area (Å²) in [5.41, 5.74) is 4.20. The van der Waals surface area contributed by atoms with Gasteiger partial charge in [0.1, 0.15) is 5.75 Å². The first-order chi connectivity index (χ1) is 15.5. The molecule has 6 heteroatoms. The van der Waals surface area contributed by atoms with Gasteiger partial charge < -0.3 is 20.7 Å². The Morgan fingerprint density at radius 3 is 2.38 bits per heavy atom. The maximum atomic E-state index is 12.7. The van der Waals surface area contributed by atoms with Crippen molar-refractivity contribution in [3.05, 3.63) is 95.1 Å². The molecular weight excluding hydrogens is 402 g/mol. The molecule has 3 aromatic carbocycles. The van der Waals surface area contributed by atoms with Crippen LogP contribution in [0.4, 0.5) is 5.69 Å². The van der Waals surface area contributed by atoms with Crippen LogP contribution in [0.3, 0.4) is 0 Å². The first-order valence-corrected chi connectivity index (χ1v) is 10.6. The van der Waals surface area contributed by atoms with Crippen LogP contribution in [0, 0.1) is 6.92 Å². The molecule has 1 unspecified atom stereocenters. The van der Waals surface area contributed by atoms with Crippen molar-refractivity contribution in [2.45, 2.75) is 26.4 Å². The fourth-order valence-electron chi connectivity index (χ4n) is 3.39. The molecule has 0 spiro atoms. The lowest BCUT2D eigenvalue weighted by Crippen LogP contribution is -2.32. The molecule has 0 aliphatic heterocycles. The highest BCUT2D eigenvalue weighted by atomic mass is 16.5. The second-order valence-corrected chi connectivity index (χ2v) is 7.60. The molecule has 0 aromatic heterocycles. The zero-order valence-corrected chi connectivity index (χ0v) is 18.6. The Labute approximate surface area is 189 Å². The predicted molar refractivity (Wildman–Crippen MR) is 127 cm³/mol. The summed E-state index contributed by atoms with van der Waals surface area (Å²) in [4.78, 5) is 25.2. The number of hydrogen-bond acceptors (Lipinski definition) is 4. The van der Waals surface area contributed by atoms with Gasteiger partial charge in [0, 0.05) is 17.8 Å². The molecule has 0 bridgehead atoms. The SMILES string of the molecule is COc1ccccc1C(C)NC(=O)CNc1ccccc1C(=O)NCc1ccc(C)cc1. The number of aryl methyl sites for hydroxylation is 1. The van der Waals surface area contributed by atoms with Gasteiger partial charge >= 0.3 is 0 Å². The number of para-hydroxylation sites is 2. The quantitative estimate of drug-likeness (QED) is 0.474. The van der Waals surface area contributed by atoms with Crippen LogP contribution >= 0.6 is 0 Å². The number of carbonyl (C=O) groups is 2. The van der Waals surface area contributed by atoms with Crippen molar-refractivity contribution in [3.8, 4) is 5.75 Å². The lowest BCUT2D eigenvalue weighted by molar-refractivity contribution is -0.120. The van der Waals surface area contributed by atoms with Crippen LogP contribution in [0.2, 0.25) is 0 Å². The monoisotopic (exact) mass is 431 g/mol. The first kappa shape index (κ1) is 22.9. The van der Waals surface area contributed by atoms with E-state index in [4.69, 9.17) is 4.74 Å². The number of anilines is 1. The molecule has 0 aliphatic carbocycles. The van der Waals surface area contributed by atoms with Gasteiger partial charge in [0.15, 0.2) is 0 Å². The molecule has 2 amide bonds. The molecule has 0 heterocycles. The number of nitrogens with one attached hydrogen (secondary N) is 3. The lowest BCUT2D eigenvalue weighted by Gasteiger charge is -2.18. The van der Waals surface area contributed by atoms with E-state index >= 15 is 0 Å². The highest BCUT2D eigenvalue weighted by Gasteiger charge is 2.15. The Kier molecular flexibility index (Phi) is 7.86. The Hall–Kier alpha value is -3.80. The molecule has 32 heavy (non-hydrogen) atoms. The number of amides is 2. The van der Waals surface area contributed by atoms with Crippen LogP contribution in [0.5, 0.6) is 5.75 Å². The molecule has 0 aliphatic rings. The number of hydrogen-bond donors (Lipinski definition) is 3. The second kappa shape index (κ2) is 11.0. The lowest BCUT2D eigenvalue weighted by atomic mass is 10.1. The van der Waals surface area contributed by atoms with E-state index in [1.807, 2.05) is 68.4 Å². The van der Waals surface area contributed by atoms with Crippen molar-refractivity contribution in [1.29, 1.82) is 0 Å². The summed E-state index contributed by atoms with van der Waals surface area (Å²) < 4.78 is 5.37. The van der Waals surface area contributed by atoms with Crippen LogP contribution in [-0.4, -0.2) is 25.5 Å². The Morgan fingerprint density at radius 1 is 0.938 bits per heavy atom. The minimum Gasteiger partial charge on any atom is -0.496 e. The van der Waals surface area contributed by atoms with Crippen molar-refractivity contribution < 1.29 is 14.3 Å². The molecule has 3 aromatic rings. The molecule has 1 atom stereocenters. The number of benzene rings is 3. The molecule has 0 fully saturated rings. The minimum absolute atomic E-state index is 0.0434. The van der Waals surface area contributed by atoms with E-state index < -0.39 is 0 Å². The maximum Gasteiger partial charge on any atom is 0.253 e. The third-order valence-corrected chi connectivity index (χ3v) is 5.17. The average molecular weight is 432 g/mol. The molecule has 0 radical (unpaired) electrons. The van der Waals surface area contributed by atoms with E-state index in [0.29, 0.717) is 17.8 Å². The highest BCUT2D eigenvalue weighted by Crippen LogP contribution is 2.24. The molecule has 3 N–H and O–H groups in total. The summed E-state index contributed by atoms with van der Waals surface area (Å²) in [6.45, 7) is 4.41. The van der Waals surface area contributed by atoms with Crippen molar-refractivity contribution in [2.24, 2.45) is 0 Å². The van der Waals surface area contributed by atoms with E-state index in [-0.39, 0.29) is 24.4 Å². The fraction of sp³-hybridized carbons (Fsp3) is 0.231. The molecule has 0 saturated carbocycles. The van der Waals surface area contributed by atoms with Gasteiger partial charge in [0.2, 0.25) is 5.91 Å². The van der Waals surface area contributed by atoms with E-state index in [1.54, 1.807) is 25.3 Å². The van der Waals surface area contributed by atoms with Gasteiger partial charge in [-0.05, 0) is 37.6 Å². The summed E-state index contributed by atoms with van der Waals surface area (Å²) in [5.74, 6) is 0.346. The Bertz CT molecular complexity index is 1060. The van der Waals surface area contributed by atoms with Gasteiger partial charge in [-0.15, -0.1) is 0 Å². The molecular formula is C26H29N3O3. The van der Waals surface area contributed by atoms with Crippen molar-refractivity contribution >= 4 is 17.5 Å². The van der Waals surface area contributed by atoms with Crippen LogP contribution in [0.15, 0.2) is 72.8 Å². The van der Waals surface area contributed by atoms with Crippen LogP contribution < -0.4 is 20.7 Å². The van der Waals surface area contributed by atoms with E-state index in [1.165, 1.54) is 5.56 Å². The van der Waals surface area contributed by atoms with Crippen molar-refractivity contribution in [3.63, 3.8) is 0 Å². The fourth-order valence-corrected chi connectivity index (χ4v) is 3.39. The topological polar surface area (TPSA) is 79.5 Å². The minimum atomic E-state index is -0.214. The summed E-state index contributed by atoms with van der Waals surface area (Å²) >= 11 is 0. The zero-order valence-electron chi connectivity index (χ0n) is 18.6. The number of carbonyl (C=O) groups excluding carboxylic acids is 2. The van der Waals surface area contributed by atoms with Gasteiger partial charge in [-0.1, -0.05) is 60.2 Å². The zero-order chi connectivity index (χ0) is 22.9. The second-order valence-electron chi connectivity index (χ2n) is 7.60. The van der Waals surface area contributed by atoms with Gasteiger partial charge in [-0.25, -0.2) is 0 Å². The van der Waals surface area contributed by atoms with E-state index in [0.717, 1.165) is 16.9 Å². The Morgan fingerprint density at radius 2 is 1.62 bits per heavy atom. The van der Waals surface area contributed by atoms with Gasteiger partial charge in [-0.3, -0.25) is 9.59 Å². The van der Waals surface area contributed by atoms with Crippen LogP contribution in [-0.2, 0) is 11.3 Å². The highest BCUT2D eigenvalue weighted by molar-refractivity contribution is 6.00. The van der Waals surface area contributed by atoms with Crippen LogP contribution in [0.25, 0.3) is 0 Å². The number of methoxy groups -OCH3 is 1. The first-order valence-electron chi connectivity index (χ1n) is 10.6. The third-order valence-electron chi connectivity index (χ3n) is 5.17.